The van der Waals surface area contributed by atoms with E-state index in [0.29, 0.717) is 26.2 Å². The number of benzene rings is 2. The van der Waals surface area contributed by atoms with Crippen LogP contribution in [0.25, 0.3) is 5.57 Å². The van der Waals surface area contributed by atoms with Crippen LogP contribution >= 0.6 is 11.3 Å². The average Bonchev–Trinajstić information content (AvgIpc) is 3.30. The van der Waals surface area contributed by atoms with Crippen LogP contribution in [0.5, 0.6) is 0 Å². The van der Waals surface area contributed by atoms with Crippen LogP contribution in [-0.4, -0.2) is 30.1 Å². The largest absolute Gasteiger partial charge is 0.458 e. The van der Waals surface area contributed by atoms with E-state index in [2.05, 4.69) is 11.6 Å². The van der Waals surface area contributed by atoms with Crippen LogP contribution < -0.4 is 19.8 Å². The van der Waals surface area contributed by atoms with Crippen molar-refractivity contribution in [1.82, 2.24) is 4.57 Å². The predicted molar refractivity (Wildman–Crippen MR) is 130 cm³/mol. The molecule has 34 heavy (non-hydrogen) atoms. The lowest BCUT2D eigenvalue weighted by Gasteiger charge is -2.24. The normalized spacial score (nSPS) is 18.4. The molecule has 3 aromatic rings. The molecule has 3 heterocycles. The smallest absolute Gasteiger partial charge is 0.338 e. The number of esters is 1. The predicted octanol–water partition coefficient (Wildman–Crippen LogP) is 2.31. The fraction of sp³-hybridized carbons (Fsp3) is 0.154. The third-order valence-electron chi connectivity index (χ3n) is 5.95. The SMILES string of the molecule is C=CCOC(=O)C1=C(C)N=c2s/c(=C3\C(=O)N(C)c4ccccc43)c(=O)n2[C@H]1c1ccccc1. The third kappa shape index (κ3) is 3.26. The molecule has 0 aliphatic carbocycles. The summed E-state index contributed by atoms with van der Waals surface area (Å²) in [7, 11) is 1.69. The van der Waals surface area contributed by atoms with Gasteiger partial charge in [-0.25, -0.2) is 9.79 Å². The van der Waals surface area contributed by atoms with Crippen molar-refractivity contribution in [2.75, 3.05) is 18.6 Å². The van der Waals surface area contributed by atoms with E-state index in [9.17, 15) is 14.4 Å². The quantitative estimate of drug-likeness (QED) is 0.432. The van der Waals surface area contributed by atoms with E-state index >= 15 is 0 Å². The molecular weight excluding hydrogens is 450 g/mol. The number of fused-ring (bicyclic) bond motifs is 2. The molecule has 0 N–H and O–H groups in total. The second-order valence-corrected chi connectivity index (χ2v) is 8.93. The van der Waals surface area contributed by atoms with Gasteiger partial charge in [0.15, 0.2) is 4.80 Å². The standard InChI is InChI=1S/C26H21N3O4S/c1-4-14-33-25(32)19-15(2)27-26-29(21(19)16-10-6-5-7-11-16)24(31)22(34-26)20-17-12-8-9-13-18(17)28(3)23(20)30/h4-13,21H,1,14H2,2-3H3/b22-20-/t21-/m0/s1. The molecule has 0 radical (unpaired) electrons. The maximum absolute atomic E-state index is 13.9. The number of amides is 1. The zero-order chi connectivity index (χ0) is 24.0. The molecule has 0 bridgehead atoms. The van der Waals surface area contributed by atoms with Gasteiger partial charge < -0.3 is 9.64 Å². The average molecular weight is 472 g/mol. The Morgan fingerprint density at radius 2 is 1.85 bits per heavy atom. The van der Waals surface area contributed by atoms with Gasteiger partial charge in [0.1, 0.15) is 11.1 Å². The lowest BCUT2D eigenvalue weighted by Crippen LogP contribution is -2.40. The van der Waals surface area contributed by atoms with Gasteiger partial charge in [0.05, 0.1) is 28.6 Å². The second kappa shape index (κ2) is 8.39. The van der Waals surface area contributed by atoms with E-state index in [0.717, 1.165) is 22.6 Å². The zero-order valence-electron chi connectivity index (χ0n) is 18.6. The Balaban J connectivity index is 1.81. The molecule has 1 atom stereocenters. The first-order valence-electron chi connectivity index (χ1n) is 10.7. The Morgan fingerprint density at radius 1 is 1.15 bits per heavy atom. The number of hydrogen-bond donors (Lipinski definition) is 0. The van der Waals surface area contributed by atoms with Crippen LogP contribution in [-0.2, 0) is 14.3 Å². The van der Waals surface area contributed by atoms with Gasteiger partial charge in [-0.15, -0.1) is 0 Å². The minimum absolute atomic E-state index is 0.0450. The van der Waals surface area contributed by atoms with E-state index < -0.39 is 12.0 Å². The molecule has 2 aliphatic heterocycles. The highest BCUT2D eigenvalue weighted by Gasteiger charge is 2.36. The van der Waals surface area contributed by atoms with E-state index in [1.165, 1.54) is 10.6 Å². The Labute approximate surface area is 199 Å². The Bertz CT molecular complexity index is 1560. The molecule has 2 aromatic carbocycles. The topological polar surface area (TPSA) is 81.0 Å². The highest BCUT2D eigenvalue weighted by molar-refractivity contribution is 7.07. The van der Waals surface area contributed by atoms with Crippen LogP contribution in [0, 0.1) is 0 Å². The molecule has 170 valence electrons. The molecule has 2 aliphatic rings. The van der Waals surface area contributed by atoms with Crippen molar-refractivity contribution in [3.8, 4) is 0 Å². The number of para-hydroxylation sites is 1. The van der Waals surface area contributed by atoms with Crippen LogP contribution in [0.2, 0.25) is 0 Å². The second-order valence-electron chi connectivity index (χ2n) is 7.96. The number of rotatable bonds is 4. The number of hydrogen-bond acceptors (Lipinski definition) is 6. The fourth-order valence-corrected chi connectivity index (χ4v) is 5.52. The maximum atomic E-state index is 13.9. The molecule has 8 heteroatoms. The van der Waals surface area contributed by atoms with Gasteiger partial charge in [-0.1, -0.05) is 72.5 Å². The number of ether oxygens (including phenoxy) is 1. The van der Waals surface area contributed by atoms with Gasteiger partial charge in [0.25, 0.3) is 11.5 Å². The minimum Gasteiger partial charge on any atom is -0.458 e. The minimum atomic E-state index is -0.728. The summed E-state index contributed by atoms with van der Waals surface area (Å²) in [6.45, 7) is 5.37. The van der Waals surface area contributed by atoms with E-state index in [1.807, 2.05) is 54.6 Å². The molecule has 1 aromatic heterocycles. The first kappa shape index (κ1) is 21.8. The number of allylic oxidation sites excluding steroid dienone is 1. The summed E-state index contributed by atoms with van der Waals surface area (Å²) in [6.07, 6.45) is 1.49. The van der Waals surface area contributed by atoms with Gasteiger partial charge in [-0.3, -0.25) is 14.2 Å². The number of carbonyl (C=O) groups excluding carboxylic acids is 2. The van der Waals surface area contributed by atoms with Gasteiger partial charge in [0.2, 0.25) is 0 Å². The lowest BCUT2D eigenvalue weighted by molar-refractivity contribution is -0.138. The Hall–Kier alpha value is -4.04. The number of anilines is 1. The fourth-order valence-electron chi connectivity index (χ4n) is 4.39. The van der Waals surface area contributed by atoms with E-state index in [-0.39, 0.29) is 23.6 Å². The van der Waals surface area contributed by atoms with E-state index in [1.54, 1.807) is 18.9 Å². The number of carbonyl (C=O) groups is 2. The first-order valence-corrected chi connectivity index (χ1v) is 11.5. The van der Waals surface area contributed by atoms with Crippen molar-refractivity contribution in [2.45, 2.75) is 13.0 Å². The molecule has 0 fully saturated rings. The van der Waals surface area contributed by atoms with Crippen LogP contribution in [0.3, 0.4) is 0 Å². The molecule has 0 saturated carbocycles. The van der Waals surface area contributed by atoms with Crippen LogP contribution in [0.15, 0.2) is 88.3 Å². The van der Waals surface area contributed by atoms with Gasteiger partial charge in [-0.05, 0) is 18.6 Å². The molecule has 0 unspecified atom stereocenters. The van der Waals surface area contributed by atoms with Crippen molar-refractivity contribution in [3.63, 3.8) is 0 Å². The van der Waals surface area contributed by atoms with Crippen LogP contribution in [0.1, 0.15) is 24.1 Å². The highest BCUT2D eigenvalue weighted by atomic mass is 32.1. The highest BCUT2D eigenvalue weighted by Crippen LogP contribution is 2.34. The Morgan fingerprint density at radius 3 is 2.59 bits per heavy atom. The van der Waals surface area contributed by atoms with Gasteiger partial charge >= 0.3 is 5.97 Å². The lowest BCUT2D eigenvalue weighted by atomic mass is 9.96. The van der Waals surface area contributed by atoms with Crippen molar-refractivity contribution in [2.24, 2.45) is 4.99 Å². The summed E-state index contributed by atoms with van der Waals surface area (Å²) in [5.41, 5.74) is 2.94. The summed E-state index contributed by atoms with van der Waals surface area (Å²) in [5.74, 6) is -0.806. The summed E-state index contributed by atoms with van der Waals surface area (Å²) in [5, 5.41) is 0. The van der Waals surface area contributed by atoms with Crippen molar-refractivity contribution in [1.29, 1.82) is 0 Å². The Kier molecular flexibility index (Phi) is 5.37. The summed E-state index contributed by atoms with van der Waals surface area (Å²) >= 11 is 1.16. The third-order valence-corrected chi connectivity index (χ3v) is 7.00. The van der Waals surface area contributed by atoms with Crippen molar-refractivity contribution < 1.29 is 14.3 Å². The molecule has 0 spiro atoms. The molecular formula is C26H21N3O4S. The number of aromatic nitrogens is 1. The van der Waals surface area contributed by atoms with Crippen LogP contribution in [0.4, 0.5) is 5.69 Å². The summed E-state index contributed by atoms with van der Waals surface area (Å²) in [6, 6.07) is 15.9. The van der Waals surface area contributed by atoms with Gasteiger partial charge in [-0.2, -0.15) is 0 Å². The number of thiazole rings is 1. The number of nitrogens with zero attached hydrogens (tertiary/aromatic N) is 3. The molecule has 5 rings (SSSR count). The monoisotopic (exact) mass is 471 g/mol. The first-order chi connectivity index (χ1) is 16.4. The molecule has 1 amide bonds. The van der Waals surface area contributed by atoms with Crippen molar-refractivity contribution in [3.05, 3.63) is 109 Å². The molecule has 7 nitrogen and oxygen atoms in total. The maximum Gasteiger partial charge on any atom is 0.338 e. The van der Waals surface area contributed by atoms with Crippen molar-refractivity contribution >= 4 is 34.5 Å². The van der Waals surface area contributed by atoms with E-state index in [4.69, 9.17) is 4.74 Å². The zero-order valence-corrected chi connectivity index (χ0v) is 19.5. The summed E-state index contributed by atoms with van der Waals surface area (Å²) < 4.78 is 7.13. The van der Waals surface area contributed by atoms with Gasteiger partial charge in [0, 0.05) is 12.6 Å². The molecule has 0 saturated heterocycles. The number of likely N-dealkylation sites (N-methyl/N-ethyl adjacent to an activating group) is 1. The summed E-state index contributed by atoms with van der Waals surface area (Å²) in [4.78, 5) is 46.6.